The van der Waals surface area contributed by atoms with Gasteiger partial charge in [0.2, 0.25) is 5.95 Å². The van der Waals surface area contributed by atoms with Crippen LogP contribution < -0.4 is 11.1 Å². The largest absolute Gasteiger partial charge is 0.383 e. The van der Waals surface area contributed by atoms with Crippen molar-refractivity contribution in [2.24, 2.45) is 0 Å². The van der Waals surface area contributed by atoms with E-state index < -0.39 is 5.95 Å². The first-order chi connectivity index (χ1) is 15.2. The van der Waals surface area contributed by atoms with Gasteiger partial charge in [0.25, 0.3) is 0 Å². The lowest BCUT2D eigenvalue weighted by molar-refractivity contribution is 0.438. The summed E-state index contributed by atoms with van der Waals surface area (Å²) in [7, 11) is 0. The molecule has 2 aliphatic rings. The Hall–Kier alpha value is -2.79. The first-order valence-electron chi connectivity index (χ1n) is 11.4. The van der Waals surface area contributed by atoms with Gasteiger partial charge in [-0.05, 0) is 78.6 Å². The van der Waals surface area contributed by atoms with Crippen LogP contribution in [0.5, 0.6) is 0 Å². The molecule has 1 aromatic carbocycles. The van der Waals surface area contributed by atoms with E-state index in [0.29, 0.717) is 23.3 Å². The molecule has 3 N–H and O–H groups in total. The predicted octanol–water partition coefficient (Wildman–Crippen LogP) is 6.00. The number of hydrogen-bond acceptors (Lipinski definition) is 4. The van der Waals surface area contributed by atoms with Crippen molar-refractivity contribution in [2.45, 2.75) is 56.9 Å². The molecule has 2 aromatic heterocycles. The van der Waals surface area contributed by atoms with E-state index in [1.807, 2.05) is 12.3 Å². The summed E-state index contributed by atoms with van der Waals surface area (Å²) in [4.78, 5) is 8.07. The fourth-order valence-corrected chi connectivity index (χ4v) is 5.23. The van der Waals surface area contributed by atoms with Crippen LogP contribution in [-0.4, -0.2) is 16.5 Å². The molecule has 1 atom stereocenters. The molecule has 2 fully saturated rings. The number of halogens is 1. The maximum atomic E-state index is 13.7. The van der Waals surface area contributed by atoms with Crippen LogP contribution in [-0.2, 0) is 0 Å². The zero-order valence-electron chi connectivity index (χ0n) is 17.8. The summed E-state index contributed by atoms with van der Waals surface area (Å²) in [6, 6.07) is 12.5. The Morgan fingerprint density at radius 1 is 0.839 bits per heavy atom. The summed E-state index contributed by atoms with van der Waals surface area (Å²) >= 11 is 0. The van der Waals surface area contributed by atoms with Gasteiger partial charge in [0, 0.05) is 35.6 Å². The van der Waals surface area contributed by atoms with Crippen LogP contribution in [0.4, 0.5) is 10.2 Å². The second-order valence-corrected chi connectivity index (χ2v) is 8.85. The molecular weight excluding hydrogens is 387 g/mol. The molecule has 3 heterocycles. The fraction of sp³-hybridized carbons (Fsp3) is 0.385. The van der Waals surface area contributed by atoms with Gasteiger partial charge in [-0.15, -0.1) is 0 Å². The lowest BCUT2D eigenvalue weighted by atomic mass is 9.79. The Morgan fingerprint density at radius 3 is 2.48 bits per heavy atom. The third-order valence-corrected chi connectivity index (χ3v) is 6.86. The van der Waals surface area contributed by atoms with Gasteiger partial charge in [-0.1, -0.05) is 31.4 Å². The molecule has 160 valence electrons. The van der Waals surface area contributed by atoms with Gasteiger partial charge >= 0.3 is 0 Å². The van der Waals surface area contributed by atoms with E-state index >= 15 is 0 Å². The quantitative estimate of drug-likeness (QED) is 0.512. The average Bonchev–Trinajstić information content (AvgIpc) is 3.35. The third kappa shape index (κ3) is 4.19. The van der Waals surface area contributed by atoms with Gasteiger partial charge in [-0.3, -0.25) is 0 Å². The minimum atomic E-state index is -0.520. The summed E-state index contributed by atoms with van der Waals surface area (Å²) in [6.07, 6.45) is 12.3. The van der Waals surface area contributed by atoms with Crippen molar-refractivity contribution in [1.29, 1.82) is 0 Å². The van der Waals surface area contributed by atoms with Crippen LogP contribution in [0.3, 0.4) is 0 Å². The molecule has 5 heteroatoms. The van der Waals surface area contributed by atoms with E-state index in [4.69, 9.17) is 5.73 Å². The number of aromatic nitrogens is 2. The Bertz CT molecular complexity index is 1070. The number of nitrogens with one attached hydrogen (secondary N) is 1. The maximum absolute atomic E-state index is 13.7. The minimum Gasteiger partial charge on any atom is -0.383 e. The molecular formula is C26H29FN4. The van der Waals surface area contributed by atoms with Crippen LogP contribution in [0.25, 0.3) is 22.3 Å². The number of benzene rings is 1. The summed E-state index contributed by atoms with van der Waals surface area (Å²) < 4.78 is 13.7. The highest BCUT2D eigenvalue weighted by Crippen LogP contribution is 2.40. The monoisotopic (exact) mass is 416 g/mol. The molecule has 1 aliphatic heterocycles. The van der Waals surface area contributed by atoms with Crippen molar-refractivity contribution in [3.05, 3.63) is 65.9 Å². The van der Waals surface area contributed by atoms with E-state index in [0.717, 1.165) is 23.2 Å². The number of nitrogen functional groups attached to an aromatic ring is 1. The second-order valence-electron chi connectivity index (χ2n) is 8.85. The van der Waals surface area contributed by atoms with E-state index in [1.165, 1.54) is 68.3 Å². The molecule has 1 saturated heterocycles. The van der Waals surface area contributed by atoms with Gasteiger partial charge in [0.1, 0.15) is 5.82 Å². The van der Waals surface area contributed by atoms with Crippen molar-refractivity contribution >= 4 is 5.82 Å². The molecule has 0 unspecified atom stereocenters. The Balaban J connectivity index is 1.56. The number of nitrogens with two attached hydrogens (primary N) is 1. The van der Waals surface area contributed by atoms with Gasteiger partial charge in [-0.2, -0.15) is 4.39 Å². The predicted molar refractivity (Wildman–Crippen MR) is 123 cm³/mol. The maximum Gasteiger partial charge on any atom is 0.213 e. The topological polar surface area (TPSA) is 63.8 Å². The summed E-state index contributed by atoms with van der Waals surface area (Å²) in [5.74, 6) is 0.541. The Kier molecular flexibility index (Phi) is 5.68. The van der Waals surface area contributed by atoms with Crippen molar-refractivity contribution < 1.29 is 4.39 Å². The van der Waals surface area contributed by atoms with Gasteiger partial charge in [0.05, 0.1) is 0 Å². The Morgan fingerprint density at radius 2 is 1.71 bits per heavy atom. The standard InChI is InChI=1S/C26H29FN4/c27-25-15-19(10-12-30-25)22-14-20(16-31-26(22)28)18-8-9-21(17-5-2-1-3-6-17)23(13-18)24-7-4-11-29-24/h8-10,12-17,24,29H,1-7,11H2,(H2,28,31)/t24-/m0/s1. The fourth-order valence-electron chi connectivity index (χ4n) is 5.23. The van der Waals surface area contributed by atoms with Crippen LogP contribution in [0.1, 0.15) is 68.0 Å². The number of pyridine rings is 2. The molecule has 1 saturated carbocycles. The van der Waals surface area contributed by atoms with Crippen molar-refractivity contribution in [3.8, 4) is 22.3 Å². The number of rotatable bonds is 4. The summed E-state index contributed by atoms with van der Waals surface area (Å²) in [6.45, 7) is 1.08. The number of anilines is 1. The van der Waals surface area contributed by atoms with E-state index in [2.05, 4.69) is 33.5 Å². The zero-order valence-corrected chi connectivity index (χ0v) is 17.8. The molecule has 0 radical (unpaired) electrons. The first kappa shape index (κ1) is 20.1. The van der Waals surface area contributed by atoms with Gasteiger partial charge in [-0.25, -0.2) is 9.97 Å². The van der Waals surface area contributed by atoms with Crippen LogP contribution in [0.2, 0.25) is 0 Å². The van der Waals surface area contributed by atoms with E-state index in [9.17, 15) is 4.39 Å². The van der Waals surface area contributed by atoms with Crippen molar-refractivity contribution in [1.82, 2.24) is 15.3 Å². The van der Waals surface area contributed by atoms with Crippen molar-refractivity contribution in [2.75, 3.05) is 12.3 Å². The molecule has 1 aliphatic carbocycles. The molecule has 5 rings (SSSR count). The highest BCUT2D eigenvalue weighted by atomic mass is 19.1. The minimum absolute atomic E-state index is 0.394. The van der Waals surface area contributed by atoms with Gasteiger partial charge in [0.15, 0.2) is 0 Å². The molecule has 3 aromatic rings. The molecule has 0 bridgehead atoms. The normalized spacial score (nSPS) is 19.6. The second kappa shape index (κ2) is 8.75. The van der Waals surface area contributed by atoms with Gasteiger partial charge < -0.3 is 11.1 Å². The van der Waals surface area contributed by atoms with Crippen LogP contribution >= 0.6 is 0 Å². The lowest BCUT2D eigenvalue weighted by Crippen LogP contribution is -2.17. The Labute approximate surface area is 183 Å². The average molecular weight is 417 g/mol. The van der Waals surface area contributed by atoms with E-state index in [-0.39, 0.29) is 0 Å². The SMILES string of the molecule is Nc1ncc(-c2ccc(C3CCCCC3)c([C@@H]3CCCN3)c2)cc1-c1ccnc(F)c1. The van der Waals surface area contributed by atoms with E-state index in [1.54, 1.807) is 6.07 Å². The molecule has 0 spiro atoms. The highest BCUT2D eigenvalue weighted by molar-refractivity contribution is 5.79. The van der Waals surface area contributed by atoms with Crippen molar-refractivity contribution in [3.63, 3.8) is 0 Å². The smallest absolute Gasteiger partial charge is 0.213 e. The first-order valence-corrected chi connectivity index (χ1v) is 11.4. The highest BCUT2D eigenvalue weighted by Gasteiger charge is 2.25. The van der Waals surface area contributed by atoms with Crippen LogP contribution in [0.15, 0.2) is 48.8 Å². The lowest BCUT2D eigenvalue weighted by Gasteiger charge is -2.27. The number of hydrogen-bond donors (Lipinski definition) is 2. The van der Waals surface area contributed by atoms with Crippen LogP contribution in [0, 0.1) is 5.95 Å². The zero-order chi connectivity index (χ0) is 21.2. The molecule has 4 nitrogen and oxygen atoms in total. The molecule has 0 amide bonds. The third-order valence-electron chi connectivity index (χ3n) is 6.86. The number of nitrogens with zero attached hydrogens (tertiary/aromatic N) is 2. The summed E-state index contributed by atoms with van der Waals surface area (Å²) in [5.41, 5.74) is 12.6. The summed E-state index contributed by atoms with van der Waals surface area (Å²) in [5, 5.41) is 3.70. The molecule has 31 heavy (non-hydrogen) atoms.